The van der Waals surface area contributed by atoms with Gasteiger partial charge in [0.2, 0.25) is 0 Å². The fourth-order valence-electron chi connectivity index (χ4n) is 2.93. The minimum Gasteiger partial charge on any atom is -0.389 e. The molecule has 2 unspecified atom stereocenters. The highest BCUT2D eigenvalue weighted by atomic mass is 32.1. The van der Waals surface area contributed by atoms with Crippen LogP contribution in [-0.4, -0.2) is 17.6 Å². The summed E-state index contributed by atoms with van der Waals surface area (Å²) in [7, 11) is 0. The Morgan fingerprint density at radius 1 is 1.33 bits per heavy atom. The van der Waals surface area contributed by atoms with Crippen LogP contribution in [0.25, 0.3) is 0 Å². The third-order valence-electron chi connectivity index (χ3n) is 4.04. The van der Waals surface area contributed by atoms with E-state index >= 15 is 0 Å². The topological polar surface area (TPSA) is 29.3 Å². The van der Waals surface area contributed by atoms with Crippen molar-refractivity contribution in [3.8, 4) is 0 Å². The van der Waals surface area contributed by atoms with Crippen LogP contribution < -0.4 is 10.6 Å². The second kappa shape index (κ2) is 5.83. The summed E-state index contributed by atoms with van der Waals surface area (Å²) in [5, 5.41) is 0. The molecule has 0 amide bonds. The number of nitrogens with zero attached hydrogens (tertiary/aromatic N) is 1. The number of rotatable bonds is 2. The third-order valence-corrected chi connectivity index (χ3v) is 4.26. The molecule has 2 rings (SSSR count). The average Bonchev–Trinajstić information content (AvgIpc) is 2.37. The van der Waals surface area contributed by atoms with Gasteiger partial charge in [-0.05, 0) is 43.9 Å². The van der Waals surface area contributed by atoms with E-state index in [9.17, 15) is 13.2 Å². The van der Waals surface area contributed by atoms with Crippen LogP contribution in [0.1, 0.15) is 37.8 Å². The van der Waals surface area contributed by atoms with Gasteiger partial charge in [-0.15, -0.1) is 0 Å². The first-order valence-corrected chi connectivity index (χ1v) is 7.38. The first-order chi connectivity index (χ1) is 9.70. The highest BCUT2D eigenvalue weighted by Crippen LogP contribution is 2.35. The monoisotopic (exact) mass is 316 g/mol. The molecule has 21 heavy (non-hydrogen) atoms. The van der Waals surface area contributed by atoms with Gasteiger partial charge in [-0.25, -0.2) is 0 Å². The Morgan fingerprint density at radius 2 is 2.00 bits per heavy atom. The Kier molecular flexibility index (Phi) is 4.46. The first-order valence-electron chi connectivity index (χ1n) is 6.98. The van der Waals surface area contributed by atoms with Crippen LogP contribution in [0, 0.1) is 5.92 Å². The molecular weight excluding hydrogens is 297 g/mol. The van der Waals surface area contributed by atoms with E-state index in [0.717, 1.165) is 31.5 Å². The van der Waals surface area contributed by atoms with Crippen molar-refractivity contribution in [1.29, 1.82) is 0 Å². The fourth-order valence-corrected chi connectivity index (χ4v) is 3.09. The van der Waals surface area contributed by atoms with Crippen LogP contribution in [-0.2, 0) is 6.18 Å². The summed E-state index contributed by atoms with van der Waals surface area (Å²) in [4.78, 5) is 2.11. The van der Waals surface area contributed by atoms with Crippen LogP contribution in [0.2, 0.25) is 0 Å². The number of benzene rings is 1. The Bertz CT molecular complexity index is 542. The smallest absolute Gasteiger partial charge is 0.389 e. The number of alkyl halides is 3. The second-order valence-electron chi connectivity index (χ2n) is 5.77. The molecule has 1 heterocycles. The van der Waals surface area contributed by atoms with E-state index in [0.29, 0.717) is 17.2 Å². The lowest BCUT2D eigenvalue weighted by atomic mass is 9.92. The van der Waals surface area contributed by atoms with Crippen molar-refractivity contribution >= 4 is 22.9 Å². The van der Waals surface area contributed by atoms with E-state index in [1.807, 2.05) is 0 Å². The van der Waals surface area contributed by atoms with Crippen molar-refractivity contribution in [3.05, 3.63) is 29.3 Å². The van der Waals surface area contributed by atoms with Gasteiger partial charge < -0.3 is 10.6 Å². The normalized spacial score (nSPS) is 23.2. The van der Waals surface area contributed by atoms with Crippen molar-refractivity contribution in [2.24, 2.45) is 11.7 Å². The number of anilines is 1. The standard InChI is InChI=1S/C15H19F3N2S/c1-9-5-6-20(10(2)7-9)13-4-3-11(15(16,17)18)8-12(13)14(19)21/h3-4,8-10H,5-7H2,1-2H3,(H2,19,21). The van der Waals surface area contributed by atoms with Gasteiger partial charge in [0.05, 0.1) is 5.56 Å². The average molecular weight is 316 g/mol. The van der Waals surface area contributed by atoms with E-state index in [1.54, 1.807) is 0 Å². The summed E-state index contributed by atoms with van der Waals surface area (Å²) < 4.78 is 38.5. The summed E-state index contributed by atoms with van der Waals surface area (Å²) in [6.45, 7) is 5.08. The lowest BCUT2D eigenvalue weighted by Crippen LogP contribution is -2.41. The Morgan fingerprint density at radius 3 is 2.52 bits per heavy atom. The number of thiocarbonyl (C=S) groups is 1. The van der Waals surface area contributed by atoms with Gasteiger partial charge in [0.25, 0.3) is 0 Å². The minimum atomic E-state index is -4.39. The Hall–Kier alpha value is -1.30. The largest absolute Gasteiger partial charge is 0.416 e. The molecule has 2 atom stereocenters. The van der Waals surface area contributed by atoms with Crippen LogP contribution in [0.3, 0.4) is 0 Å². The molecule has 0 aromatic heterocycles. The van der Waals surface area contributed by atoms with Crippen LogP contribution >= 0.6 is 12.2 Å². The molecule has 0 aliphatic carbocycles. The first kappa shape index (κ1) is 16.1. The van der Waals surface area contributed by atoms with E-state index in [-0.39, 0.29) is 11.0 Å². The van der Waals surface area contributed by atoms with Gasteiger partial charge >= 0.3 is 6.18 Å². The van der Waals surface area contributed by atoms with E-state index < -0.39 is 11.7 Å². The van der Waals surface area contributed by atoms with Gasteiger partial charge in [0, 0.05) is 23.8 Å². The minimum absolute atomic E-state index is 0.00178. The third kappa shape index (κ3) is 3.48. The molecule has 0 bridgehead atoms. The number of piperidine rings is 1. The van der Waals surface area contributed by atoms with Crippen molar-refractivity contribution in [2.75, 3.05) is 11.4 Å². The molecule has 0 radical (unpaired) electrons. The summed E-state index contributed by atoms with van der Waals surface area (Å²) in [6, 6.07) is 3.91. The lowest BCUT2D eigenvalue weighted by molar-refractivity contribution is -0.137. The molecular formula is C15H19F3N2S. The van der Waals surface area contributed by atoms with E-state index in [1.165, 1.54) is 6.07 Å². The van der Waals surface area contributed by atoms with Crippen molar-refractivity contribution in [2.45, 2.75) is 38.9 Å². The summed E-state index contributed by atoms with van der Waals surface area (Å²) in [6.07, 6.45) is -2.36. The maximum atomic E-state index is 12.8. The molecule has 0 spiro atoms. The zero-order valence-corrected chi connectivity index (χ0v) is 12.9. The maximum absolute atomic E-state index is 12.8. The molecule has 2 nitrogen and oxygen atoms in total. The molecule has 6 heteroatoms. The van der Waals surface area contributed by atoms with Crippen LogP contribution in [0.15, 0.2) is 18.2 Å². The van der Waals surface area contributed by atoms with Gasteiger partial charge in [0.1, 0.15) is 4.99 Å². The van der Waals surface area contributed by atoms with Gasteiger partial charge in [-0.3, -0.25) is 0 Å². The summed E-state index contributed by atoms with van der Waals surface area (Å²) in [5.74, 6) is 0.624. The number of hydrogen-bond acceptors (Lipinski definition) is 2. The molecule has 1 fully saturated rings. The predicted molar refractivity (Wildman–Crippen MR) is 82.5 cm³/mol. The molecule has 0 saturated carbocycles. The SMILES string of the molecule is CC1CCN(c2ccc(C(F)(F)F)cc2C(N)=S)C(C)C1. The zero-order chi connectivity index (χ0) is 15.8. The van der Waals surface area contributed by atoms with Crippen molar-refractivity contribution in [1.82, 2.24) is 0 Å². The van der Waals surface area contributed by atoms with Gasteiger partial charge in [0.15, 0.2) is 0 Å². The molecule has 2 N–H and O–H groups in total. The molecule has 1 aliphatic rings. The number of halogens is 3. The maximum Gasteiger partial charge on any atom is 0.416 e. The zero-order valence-electron chi connectivity index (χ0n) is 12.1. The molecule has 116 valence electrons. The molecule has 1 aliphatic heterocycles. The Labute approximate surface area is 128 Å². The Balaban J connectivity index is 2.42. The second-order valence-corrected chi connectivity index (χ2v) is 6.21. The number of hydrogen-bond donors (Lipinski definition) is 1. The quantitative estimate of drug-likeness (QED) is 0.837. The summed E-state index contributed by atoms with van der Waals surface area (Å²) in [5.41, 5.74) is 5.94. The van der Waals surface area contributed by atoms with Crippen molar-refractivity contribution in [3.63, 3.8) is 0 Å². The van der Waals surface area contributed by atoms with Crippen LogP contribution in [0.5, 0.6) is 0 Å². The predicted octanol–water partition coefficient (Wildman–Crippen LogP) is 3.96. The van der Waals surface area contributed by atoms with Crippen LogP contribution in [0.4, 0.5) is 18.9 Å². The van der Waals surface area contributed by atoms with Gasteiger partial charge in [-0.2, -0.15) is 13.2 Å². The van der Waals surface area contributed by atoms with Crippen molar-refractivity contribution < 1.29 is 13.2 Å². The number of nitrogens with two attached hydrogens (primary N) is 1. The van der Waals surface area contributed by atoms with E-state index in [4.69, 9.17) is 18.0 Å². The highest BCUT2D eigenvalue weighted by molar-refractivity contribution is 7.80. The van der Waals surface area contributed by atoms with Gasteiger partial charge in [-0.1, -0.05) is 19.1 Å². The molecule has 1 aromatic carbocycles. The lowest BCUT2D eigenvalue weighted by Gasteiger charge is -2.39. The highest BCUT2D eigenvalue weighted by Gasteiger charge is 2.32. The summed E-state index contributed by atoms with van der Waals surface area (Å²) >= 11 is 4.95. The van der Waals surface area contributed by atoms with E-state index in [2.05, 4.69) is 18.7 Å². The molecule has 1 saturated heterocycles. The molecule has 1 aromatic rings. The fraction of sp³-hybridized carbons (Fsp3) is 0.533.